The molecule has 0 saturated carbocycles. The van der Waals surface area contributed by atoms with Gasteiger partial charge in [-0.15, -0.1) is 0 Å². The molecule has 1 amide bonds. The van der Waals surface area contributed by atoms with E-state index in [2.05, 4.69) is 12.2 Å². The molecule has 1 aromatic rings. The van der Waals surface area contributed by atoms with E-state index in [0.29, 0.717) is 0 Å². The molecule has 0 aliphatic rings. The molecule has 0 heterocycles. The molecule has 0 spiro atoms. The number of carbonyl (C=O) groups excluding carboxylic acids is 1. The Kier molecular flexibility index (Phi) is 5.20. The maximum absolute atomic E-state index is 11.8. The molecule has 1 rings (SSSR count). The first-order chi connectivity index (χ1) is 8.42. The Morgan fingerprint density at radius 2 is 1.89 bits per heavy atom. The average Bonchev–Trinajstić information content (AvgIpc) is 2.27. The van der Waals surface area contributed by atoms with E-state index < -0.39 is 5.60 Å². The minimum Gasteiger partial charge on any atom is -0.444 e. The van der Waals surface area contributed by atoms with E-state index in [4.69, 9.17) is 4.74 Å². The van der Waals surface area contributed by atoms with Gasteiger partial charge in [0.1, 0.15) is 5.60 Å². The lowest BCUT2D eigenvalue weighted by Gasteiger charge is -2.23. The second kappa shape index (κ2) is 6.43. The van der Waals surface area contributed by atoms with Crippen LogP contribution >= 0.6 is 0 Å². The Hall–Kier alpha value is -1.51. The van der Waals surface area contributed by atoms with E-state index in [-0.39, 0.29) is 12.1 Å². The molecular weight excluding hydrogens is 226 g/mol. The molecule has 0 aliphatic carbocycles. The monoisotopic (exact) mass is 249 g/mol. The first-order valence-corrected chi connectivity index (χ1v) is 6.47. The van der Waals surface area contributed by atoms with Gasteiger partial charge in [-0.1, -0.05) is 43.7 Å². The first kappa shape index (κ1) is 14.6. The van der Waals surface area contributed by atoms with Crippen molar-refractivity contribution < 1.29 is 9.53 Å². The second-order valence-corrected chi connectivity index (χ2v) is 5.40. The zero-order chi connectivity index (χ0) is 13.6. The van der Waals surface area contributed by atoms with Gasteiger partial charge in [-0.05, 0) is 32.8 Å². The third kappa shape index (κ3) is 5.21. The number of amides is 1. The number of carbonyl (C=O) groups is 1. The van der Waals surface area contributed by atoms with E-state index >= 15 is 0 Å². The summed E-state index contributed by atoms with van der Waals surface area (Å²) in [6.07, 6.45) is 1.56. The molecule has 3 heteroatoms. The fourth-order valence-corrected chi connectivity index (χ4v) is 1.75. The smallest absolute Gasteiger partial charge is 0.408 e. The van der Waals surface area contributed by atoms with Crippen molar-refractivity contribution in [3.63, 3.8) is 0 Å². The highest BCUT2D eigenvalue weighted by Gasteiger charge is 2.19. The van der Waals surface area contributed by atoms with Crippen LogP contribution in [0.5, 0.6) is 0 Å². The van der Waals surface area contributed by atoms with Gasteiger partial charge in [-0.25, -0.2) is 4.79 Å². The lowest BCUT2D eigenvalue weighted by molar-refractivity contribution is 0.0501. The Bertz CT molecular complexity index is 368. The van der Waals surface area contributed by atoms with Crippen molar-refractivity contribution in [3.05, 3.63) is 35.9 Å². The molecule has 1 unspecified atom stereocenters. The quantitative estimate of drug-likeness (QED) is 0.874. The maximum atomic E-state index is 11.8. The fourth-order valence-electron chi connectivity index (χ4n) is 1.75. The van der Waals surface area contributed by atoms with Crippen LogP contribution in [0.2, 0.25) is 0 Å². The van der Waals surface area contributed by atoms with Gasteiger partial charge in [-0.3, -0.25) is 0 Å². The molecule has 1 N–H and O–H groups in total. The highest BCUT2D eigenvalue weighted by Crippen LogP contribution is 2.19. The third-order valence-electron chi connectivity index (χ3n) is 2.47. The van der Waals surface area contributed by atoms with Gasteiger partial charge in [0, 0.05) is 0 Å². The summed E-state index contributed by atoms with van der Waals surface area (Å²) < 4.78 is 5.29. The average molecular weight is 249 g/mol. The lowest BCUT2D eigenvalue weighted by atomic mass is 10.0. The molecule has 0 aliphatic heterocycles. The van der Waals surface area contributed by atoms with Crippen LogP contribution in [0, 0.1) is 0 Å². The number of hydrogen-bond donors (Lipinski definition) is 1. The number of benzene rings is 1. The van der Waals surface area contributed by atoms with Crippen molar-refractivity contribution in [1.82, 2.24) is 5.32 Å². The maximum Gasteiger partial charge on any atom is 0.408 e. The van der Waals surface area contributed by atoms with Crippen LogP contribution in [0.4, 0.5) is 4.79 Å². The summed E-state index contributed by atoms with van der Waals surface area (Å²) in [4.78, 5) is 11.8. The minimum atomic E-state index is -0.461. The SMILES string of the molecule is CCCC(NC(=O)OC(C)(C)C)c1ccccc1. The highest BCUT2D eigenvalue weighted by molar-refractivity contribution is 5.68. The first-order valence-electron chi connectivity index (χ1n) is 6.47. The molecule has 0 aromatic heterocycles. The molecule has 0 bridgehead atoms. The molecule has 1 aromatic carbocycles. The van der Waals surface area contributed by atoms with E-state index in [1.807, 2.05) is 51.1 Å². The normalized spacial score (nSPS) is 12.9. The summed E-state index contributed by atoms with van der Waals surface area (Å²) in [5, 5.41) is 2.93. The van der Waals surface area contributed by atoms with Crippen LogP contribution in [-0.4, -0.2) is 11.7 Å². The molecule has 1 atom stereocenters. The number of nitrogens with one attached hydrogen (secondary N) is 1. The van der Waals surface area contributed by atoms with Crippen LogP contribution in [0.15, 0.2) is 30.3 Å². The zero-order valence-corrected chi connectivity index (χ0v) is 11.7. The van der Waals surface area contributed by atoms with Gasteiger partial charge in [0.15, 0.2) is 0 Å². The van der Waals surface area contributed by atoms with Gasteiger partial charge in [0.2, 0.25) is 0 Å². The van der Waals surface area contributed by atoms with Crippen molar-refractivity contribution >= 4 is 6.09 Å². The van der Waals surface area contributed by atoms with Crippen molar-refractivity contribution in [2.45, 2.75) is 52.2 Å². The summed E-state index contributed by atoms with van der Waals surface area (Å²) in [7, 11) is 0. The van der Waals surface area contributed by atoms with Gasteiger partial charge < -0.3 is 10.1 Å². The molecular formula is C15H23NO2. The van der Waals surface area contributed by atoms with Gasteiger partial charge in [0.25, 0.3) is 0 Å². The van der Waals surface area contributed by atoms with E-state index in [1.165, 1.54) is 0 Å². The number of hydrogen-bond acceptors (Lipinski definition) is 2. The topological polar surface area (TPSA) is 38.3 Å². The van der Waals surface area contributed by atoms with Gasteiger partial charge in [0.05, 0.1) is 6.04 Å². The lowest BCUT2D eigenvalue weighted by Crippen LogP contribution is -2.34. The summed E-state index contributed by atoms with van der Waals surface area (Å²) in [5.41, 5.74) is 0.655. The molecule has 18 heavy (non-hydrogen) atoms. The number of alkyl carbamates (subject to hydrolysis) is 1. The molecule has 0 saturated heterocycles. The number of rotatable bonds is 4. The molecule has 100 valence electrons. The van der Waals surface area contributed by atoms with Crippen LogP contribution in [-0.2, 0) is 4.74 Å². The fraction of sp³-hybridized carbons (Fsp3) is 0.533. The summed E-state index contributed by atoms with van der Waals surface area (Å²) >= 11 is 0. The predicted molar refractivity (Wildman–Crippen MR) is 73.5 cm³/mol. The van der Waals surface area contributed by atoms with E-state index in [1.54, 1.807) is 0 Å². The summed E-state index contributed by atoms with van der Waals surface area (Å²) in [5.74, 6) is 0. The van der Waals surface area contributed by atoms with Crippen LogP contribution < -0.4 is 5.32 Å². The van der Waals surface area contributed by atoms with E-state index in [0.717, 1.165) is 18.4 Å². The van der Waals surface area contributed by atoms with Crippen molar-refractivity contribution in [3.8, 4) is 0 Å². The minimum absolute atomic E-state index is 0.0195. The molecule has 0 radical (unpaired) electrons. The Morgan fingerprint density at radius 1 is 1.28 bits per heavy atom. The van der Waals surface area contributed by atoms with E-state index in [9.17, 15) is 4.79 Å². The zero-order valence-electron chi connectivity index (χ0n) is 11.7. The van der Waals surface area contributed by atoms with Crippen LogP contribution in [0.25, 0.3) is 0 Å². The van der Waals surface area contributed by atoms with Crippen LogP contribution in [0.1, 0.15) is 52.1 Å². The van der Waals surface area contributed by atoms with Gasteiger partial charge >= 0.3 is 6.09 Å². The predicted octanol–water partition coefficient (Wildman–Crippen LogP) is 4.05. The molecule has 0 fully saturated rings. The highest BCUT2D eigenvalue weighted by atomic mass is 16.6. The summed E-state index contributed by atoms with van der Waals surface area (Å²) in [6.45, 7) is 7.70. The number of ether oxygens (including phenoxy) is 1. The summed E-state index contributed by atoms with van der Waals surface area (Å²) in [6, 6.07) is 10.0. The Balaban J connectivity index is 2.67. The van der Waals surface area contributed by atoms with Crippen molar-refractivity contribution in [2.75, 3.05) is 0 Å². The van der Waals surface area contributed by atoms with Crippen LogP contribution in [0.3, 0.4) is 0 Å². The Labute approximate surface area is 110 Å². The largest absolute Gasteiger partial charge is 0.444 e. The second-order valence-electron chi connectivity index (χ2n) is 5.40. The third-order valence-corrected chi connectivity index (χ3v) is 2.47. The van der Waals surface area contributed by atoms with Gasteiger partial charge in [-0.2, -0.15) is 0 Å². The van der Waals surface area contributed by atoms with Crippen molar-refractivity contribution in [1.29, 1.82) is 0 Å². The molecule has 3 nitrogen and oxygen atoms in total. The standard InChI is InChI=1S/C15H23NO2/c1-5-9-13(12-10-7-6-8-11-12)16-14(17)18-15(2,3)4/h6-8,10-11,13H,5,9H2,1-4H3,(H,16,17). The van der Waals surface area contributed by atoms with Crippen molar-refractivity contribution in [2.24, 2.45) is 0 Å². The Morgan fingerprint density at radius 3 is 2.39 bits per heavy atom.